The van der Waals surface area contributed by atoms with Crippen LogP contribution in [0.4, 0.5) is 4.39 Å². The maximum atomic E-state index is 13.4. The van der Waals surface area contributed by atoms with Gasteiger partial charge in [0, 0.05) is 6.54 Å². The van der Waals surface area contributed by atoms with Gasteiger partial charge in [-0.15, -0.1) is 0 Å². The van der Waals surface area contributed by atoms with E-state index in [1.54, 1.807) is 6.07 Å². The molecular weight excluding hydrogens is 269 g/mol. The fourth-order valence-corrected chi connectivity index (χ4v) is 3.36. The zero-order valence-corrected chi connectivity index (χ0v) is 12.2. The van der Waals surface area contributed by atoms with Crippen molar-refractivity contribution in [3.63, 3.8) is 0 Å². The lowest BCUT2D eigenvalue weighted by Crippen LogP contribution is -2.47. The highest BCUT2D eigenvalue weighted by Crippen LogP contribution is 2.48. The molecule has 0 heterocycles. The van der Waals surface area contributed by atoms with Gasteiger partial charge in [-0.2, -0.15) is 0 Å². The van der Waals surface area contributed by atoms with Crippen molar-refractivity contribution in [1.82, 2.24) is 5.32 Å². The summed E-state index contributed by atoms with van der Waals surface area (Å²) in [6, 6.07) is 6.29. The molecule has 2 N–H and O–H groups in total. The van der Waals surface area contributed by atoms with Gasteiger partial charge in [0.05, 0.1) is 11.0 Å². The summed E-state index contributed by atoms with van der Waals surface area (Å²) in [6.45, 7) is 0.308. The summed E-state index contributed by atoms with van der Waals surface area (Å²) in [4.78, 5) is 12.5. The largest absolute Gasteiger partial charge is 0.388 e. The first-order valence-corrected chi connectivity index (χ1v) is 7.81. The normalized spacial score (nSPS) is 22.6. The molecule has 0 aliphatic heterocycles. The lowest BCUT2D eigenvalue weighted by Gasteiger charge is -2.32. The molecule has 3 rings (SSSR count). The lowest BCUT2D eigenvalue weighted by molar-refractivity contribution is -0.125. The molecule has 3 nitrogen and oxygen atoms in total. The molecule has 1 aromatic rings. The van der Waals surface area contributed by atoms with Crippen LogP contribution in [0.2, 0.25) is 0 Å². The number of carbonyl (C=O) groups is 1. The van der Waals surface area contributed by atoms with Crippen LogP contribution in [-0.2, 0) is 10.2 Å². The molecule has 1 aromatic carbocycles. The number of carbonyl (C=O) groups excluding carboxylic acids is 1. The Hall–Kier alpha value is -1.42. The van der Waals surface area contributed by atoms with Crippen LogP contribution in [-0.4, -0.2) is 23.2 Å². The summed E-state index contributed by atoms with van der Waals surface area (Å²) >= 11 is 0. The van der Waals surface area contributed by atoms with Crippen LogP contribution in [0.3, 0.4) is 0 Å². The first kappa shape index (κ1) is 14.5. The van der Waals surface area contributed by atoms with Gasteiger partial charge in [0.2, 0.25) is 5.91 Å². The predicted octanol–water partition coefficient (Wildman–Crippen LogP) is 2.67. The van der Waals surface area contributed by atoms with Crippen molar-refractivity contribution in [1.29, 1.82) is 0 Å². The van der Waals surface area contributed by atoms with Gasteiger partial charge < -0.3 is 10.4 Å². The van der Waals surface area contributed by atoms with Crippen LogP contribution >= 0.6 is 0 Å². The molecule has 2 fully saturated rings. The summed E-state index contributed by atoms with van der Waals surface area (Å²) in [5, 5.41) is 13.3. The second-order valence-electron chi connectivity index (χ2n) is 6.56. The van der Waals surface area contributed by atoms with Crippen molar-refractivity contribution < 1.29 is 14.3 Å². The average Bonchev–Trinajstić information content (AvgIpc) is 3.27. The van der Waals surface area contributed by atoms with E-state index >= 15 is 0 Å². The van der Waals surface area contributed by atoms with Gasteiger partial charge in [-0.05, 0) is 43.4 Å². The zero-order chi connectivity index (χ0) is 14.9. The Morgan fingerprint density at radius 3 is 2.52 bits per heavy atom. The number of hydrogen-bond donors (Lipinski definition) is 2. The van der Waals surface area contributed by atoms with Gasteiger partial charge in [0.1, 0.15) is 5.82 Å². The van der Waals surface area contributed by atoms with Crippen molar-refractivity contribution in [3.8, 4) is 0 Å². The van der Waals surface area contributed by atoms with Crippen LogP contribution in [0.1, 0.15) is 50.5 Å². The molecular formula is C17H22FNO2. The minimum absolute atomic E-state index is 0.0768. The molecule has 0 spiro atoms. The fraction of sp³-hybridized carbons (Fsp3) is 0.588. The van der Waals surface area contributed by atoms with Gasteiger partial charge in [0.15, 0.2) is 0 Å². The second-order valence-corrected chi connectivity index (χ2v) is 6.56. The molecule has 4 heteroatoms. The van der Waals surface area contributed by atoms with E-state index in [0.717, 1.165) is 50.5 Å². The molecule has 0 radical (unpaired) electrons. The second kappa shape index (κ2) is 5.41. The topological polar surface area (TPSA) is 49.3 Å². The van der Waals surface area contributed by atoms with Crippen LogP contribution in [0.15, 0.2) is 24.3 Å². The van der Waals surface area contributed by atoms with E-state index in [0.29, 0.717) is 6.54 Å². The van der Waals surface area contributed by atoms with E-state index in [9.17, 15) is 14.3 Å². The van der Waals surface area contributed by atoms with Crippen LogP contribution in [0.5, 0.6) is 0 Å². The Kier molecular flexibility index (Phi) is 3.74. The Bertz CT molecular complexity index is 533. The Morgan fingerprint density at radius 2 is 1.90 bits per heavy atom. The Labute approximate surface area is 124 Å². The molecule has 2 aliphatic rings. The third-order valence-corrected chi connectivity index (χ3v) is 4.92. The molecule has 0 atom stereocenters. The molecule has 0 unspecified atom stereocenters. The highest BCUT2D eigenvalue weighted by atomic mass is 19.1. The lowest BCUT2D eigenvalue weighted by atomic mass is 9.84. The molecule has 2 saturated carbocycles. The van der Waals surface area contributed by atoms with Crippen molar-refractivity contribution in [2.24, 2.45) is 0 Å². The minimum Gasteiger partial charge on any atom is -0.388 e. The molecule has 114 valence electrons. The predicted molar refractivity (Wildman–Crippen MR) is 78.4 cm³/mol. The van der Waals surface area contributed by atoms with Crippen molar-refractivity contribution >= 4 is 5.91 Å². The fourth-order valence-electron chi connectivity index (χ4n) is 3.36. The zero-order valence-electron chi connectivity index (χ0n) is 12.2. The maximum absolute atomic E-state index is 13.4. The first-order chi connectivity index (χ1) is 10.0. The van der Waals surface area contributed by atoms with Gasteiger partial charge >= 0.3 is 0 Å². The number of aliphatic hydroxyl groups is 1. The average molecular weight is 291 g/mol. The third kappa shape index (κ3) is 2.95. The SMILES string of the molecule is O=C(NCC1(O)CCCCC1)C1(c2cccc(F)c2)CC1. The molecule has 21 heavy (non-hydrogen) atoms. The first-order valence-electron chi connectivity index (χ1n) is 7.81. The van der Waals surface area contributed by atoms with E-state index in [4.69, 9.17) is 0 Å². The number of halogens is 1. The van der Waals surface area contributed by atoms with Crippen molar-refractivity contribution in [2.45, 2.75) is 56.0 Å². The summed E-state index contributed by atoms with van der Waals surface area (Å²) in [5.41, 5.74) is -0.588. The van der Waals surface area contributed by atoms with Crippen LogP contribution in [0, 0.1) is 5.82 Å². The summed E-state index contributed by atoms with van der Waals surface area (Å²) in [7, 11) is 0. The molecule has 0 saturated heterocycles. The van der Waals surface area contributed by atoms with Crippen molar-refractivity contribution in [3.05, 3.63) is 35.6 Å². The van der Waals surface area contributed by atoms with Gasteiger partial charge in [-0.3, -0.25) is 4.79 Å². The molecule has 1 amide bonds. The smallest absolute Gasteiger partial charge is 0.230 e. The highest BCUT2D eigenvalue weighted by molar-refractivity contribution is 5.91. The molecule has 0 aromatic heterocycles. The third-order valence-electron chi connectivity index (χ3n) is 4.92. The quantitative estimate of drug-likeness (QED) is 0.896. The Balaban J connectivity index is 1.65. The monoisotopic (exact) mass is 291 g/mol. The highest BCUT2D eigenvalue weighted by Gasteiger charge is 2.51. The number of nitrogens with one attached hydrogen (secondary N) is 1. The number of hydrogen-bond acceptors (Lipinski definition) is 2. The Morgan fingerprint density at radius 1 is 1.19 bits per heavy atom. The number of amides is 1. The van der Waals surface area contributed by atoms with E-state index in [1.807, 2.05) is 6.07 Å². The number of rotatable bonds is 4. The van der Waals surface area contributed by atoms with Crippen LogP contribution < -0.4 is 5.32 Å². The number of benzene rings is 1. The van der Waals surface area contributed by atoms with Gasteiger partial charge in [-0.1, -0.05) is 31.4 Å². The van der Waals surface area contributed by atoms with Gasteiger partial charge in [0.25, 0.3) is 0 Å². The van der Waals surface area contributed by atoms with Gasteiger partial charge in [-0.25, -0.2) is 4.39 Å². The molecule has 2 aliphatic carbocycles. The standard InChI is InChI=1S/C17H22FNO2/c18-14-6-4-5-13(11-14)17(9-10-17)15(20)19-12-16(21)7-2-1-3-8-16/h4-6,11,21H,1-3,7-10,12H2,(H,19,20). The maximum Gasteiger partial charge on any atom is 0.230 e. The van der Waals surface area contributed by atoms with E-state index in [-0.39, 0.29) is 11.7 Å². The van der Waals surface area contributed by atoms with E-state index in [2.05, 4.69) is 5.32 Å². The summed E-state index contributed by atoms with van der Waals surface area (Å²) in [5.74, 6) is -0.385. The van der Waals surface area contributed by atoms with E-state index < -0.39 is 11.0 Å². The summed E-state index contributed by atoms with van der Waals surface area (Å²) in [6.07, 6.45) is 6.19. The summed E-state index contributed by atoms with van der Waals surface area (Å²) < 4.78 is 13.4. The van der Waals surface area contributed by atoms with Crippen LogP contribution in [0.25, 0.3) is 0 Å². The molecule has 0 bridgehead atoms. The van der Waals surface area contributed by atoms with E-state index in [1.165, 1.54) is 12.1 Å². The van der Waals surface area contributed by atoms with Crippen molar-refractivity contribution in [2.75, 3.05) is 6.54 Å². The minimum atomic E-state index is -0.758.